The number of para-hydroxylation sites is 1. The number of halogens is 1. The van der Waals surface area contributed by atoms with Gasteiger partial charge in [0.25, 0.3) is 11.8 Å². The van der Waals surface area contributed by atoms with Gasteiger partial charge in [-0.1, -0.05) is 29.8 Å². The molecule has 0 spiro atoms. The van der Waals surface area contributed by atoms with Gasteiger partial charge in [0.05, 0.1) is 18.0 Å². The number of rotatable bonds is 3. The van der Waals surface area contributed by atoms with Gasteiger partial charge in [-0.3, -0.25) is 9.59 Å². The molecule has 7 heteroatoms. The average molecular weight is 462 g/mol. The molecule has 4 aromatic rings. The molecule has 5 nitrogen and oxygen atoms in total. The summed E-state index contributed by atoms with van der Waals surface area (Å²) >= 11 is 7.78. The van der Waals surface area contributed by atoms with E-state index in [1.54, 1.807) is 29.2 Å². The maximum atomic E-state index is 13.5. The molecule has 0 aliphatic carbocycles. The number of benzene rings is 2. The van der Waals surface area contributed by atoms with Crippen molar-refractivity contribution < 1.29 is 9.59 Å². The van der Waals surface area contributed by atoms with Gasteiger partial charge in [-0.25, -0.2) is 0 Å². The topological polar surface area (TPSA) is 54.3 Å². The van der Waals surface area contributed by atoms with Crippen molar-refractivity contribution >= 4 is 46.1 Å². The molecule has 0 saturated carbocycles. The van der Waals surface area contributed by atoms with E-state index in [1.807, 2.05) is 59.3 Å². The monoisotopic (exact) mass is 461 g/mol. The van der Waals surface area contributed by atoms with E-state index in [0.29, 0.717) is 34.4 Å². The maximum absolute atomic E-state index is 13.5. The van der Waals surface area contributed by atoms with Crippen molar-refractivity contribution in [2.24, 2.45) is 0 Å². The fourth-order valence-electron chi connectivity index (χ4n) is 3.95. The smallest absolute Gasteiger partial charge is 0.265 e. The van der Waals surface area contributed by atoms with Crippen LogP contribution in [0, 0.1) is 6.92 Å². The number of hydrogen-bond acceptors (Lipinski definition) is 3. The van der Waals surface area contributed by atoms with Crippen LogP contribution in [0.15, 0.2) is 72.1 Å². The van der Waals surface area contributed by atoms with E-state index in [-0.39, 0.29) is 11.8 Å². The van der Waals surface area contributed by atoms with Crippen molar-refractivity contribution in [2.45, 2.75) is 20.0 Å². The largest absolute Gasteiger partial charge is 0.330 e. The zero-order valence-corrected chi connectivity index (χ0v) is 18.9. The third-order valence-electron chi connectivity index (χ3n) is 5.65. The molecule has 2 aromatic carbocycles. The molecule has 160 valence electrons. The van der Waals surface area contributed by atoms with Gasteiger partial charge in [0.2, 0.25) is 0 Å². The van der Waals surface area contributed by atoms with Crippen LogP contribution in [-0.4, -0.2) is 16.4 Å². The molecule has 1 aliphatic rings. The Bertz CT molecular complexity index is 1320. The Kier molecular flexibility index (Phi) is 5.33. The normalized spacial score (nSPS) is 12.6. The lowest BCUT2D eigenvalue weighted by atomic mass is 10.1. The number of carbonyl (C=O) groups excluding carboxylic acids is 2. The summed E-state index contributed by atoms with van der Waals surface area (Å²) in [6.07, 6.45) is 0. The van der Waals surface area contributed by atoms with Crippen LogP contribution in [0.3, 0.4) is 0 Å². The quantitative estimate of drug-likeness (QED) is 0.408. The highest BCUT2D eigenvalue weighted by Gasteiger charge is 2.25. The Morgan fingerprint density at radius 1 is 0.969 bits per heavy atom. The van der Waals surface area contributed by atoms with Gasteiger partial charge in [-0.15, -0.1) is 11.3 Å². The molecule has 0 radical (unpaired) electrons. The highest BCUT2D eigenvalue weighted by Crippen LogP contribution is 2.31. The summed E-state index contributed by atoms with van der Waals surface area (Å²) < 4.78 is 2.03. The summed E-state index contributed by atoms with van der Waals surface area (Å²) in [5, 5.41) is 5.46. The fraction of sp³-hybridized carbons (Fsp3) is 0.120. The standard InChI is InChI=1S/C25H20ClN3O2S/c1-16-12-13-32-23(16)24(30)27-19-8-6-17(7-9-19)25(31)29-15-20-10-11-22(26)28(20)14-18-4-2-3-5-21(18)29/h2-13H,14-15H2,1H3,(H,27,30). The lowest BCUT2D eigenvalue weighted by Gasteiger charge is -2.23. The molecule has 0 saturated heterocycles. The minimum Gasteiger partial charge on any atom is -0.330 e. The molecular weight excluding hydrogens is 442 g/mol. The third-order valence-corrected chi connectivity index (χ3v) is 7.00. The number of aryl methyl sites for hydroxylation is 1. The number of hydrogen-bond donors (Lipinski definition) is 1. The predicted molar refractivity (Wildman–Crippen MR) is 129 cm³/mol. The molecular formula is C25H20ClN3O2S. The van der Waals surface area contributed by atoms with Gasteiger partial charge in [0.15, 0.2) is 0 Å². The van der Waals surface area contributed by atoms with E-state index in [2.05, 4.69) is 5.32 Å². The molecule has 2 aromatic heterocycles. The van der Waals surface area contributed by atoms with Crippen molar-refractivity contribution in [3.63, 3.8) is 0 Å². The number of thiophene rings is 1. The summed E-state index contributed by atoms with van der Waals surface area (Å²) in [4.78, 5) is 28.4. The third kappa shape index (κ3) is 3.72. The van der Waals surface area contributed by atoms with Gasteiger partial charge >= 0.3 is 0 Å². The minimum absolute atomic E-state index is 0.102. The van der Waals surface area contributed by atoms with Crippen molar-refractivity contribution in [3.05, 3.63) is 105 Å². The van der Waals surface area contributed by atoms with E-state index in [4.69, 9.17) is 11.6 Å². The first kappa shape index (κ1) is 20.5. The molecule has 0 unspecified atom stereocenters. The summed E-state index contributed by atoms with van der Waals surface area (Å²) in [5.41, 5.74) is 5.04. The van der Waals surface area contributed by atoms with Crippen LogP contribution in [0.4, 0.5) is 11.4 Å². The second kappa shape index (κ2) is 8.30. The van der Waals surface area contributed by atoms with E-state index in [9.17, 15) is 9.59 Å². The number of nitrogens with one attached hydrogen (secondary N) is 1. The van der Waals surface area contributed by atoms with E-state index in [1.165, 1.54) is 11.3 Å². The summed E-state index contributed by atoms with van der Waals surface area (Å²) in [6, 6.07) is 20.6. The second-order valence-electron chi connectivity index (χ2n) is 7.72. The number of nitrogens with zero attached hydrogens (tertiary/aromatic N) is 2. The van der Waals surface area contributed by atoms with Crippen LogP contribution in [-0.2, 0) is 13.1 Å². The molecule has 1 N–H and O–H groups in total. The van der Waals surface area contributed by atoms with Crippen molar-refractivity contribution in [1.29, 1.82) is 0 Å². The number of carbonyl (C=O) groups is 2. The molecule has 0 bridgehead atoms. The van der Waals surface area contributed by atoms with Gasteiger partial charge in [-0.05, 0) is 72.0 Å². The minimum atomic E-state index is -0.143. The van der Waals surface area contributed by atoms with Crippen molar-refractivity contribution in [2.75, 3.05) is 10.2 Å². The lowest BCUT2D eigenvalue weighted by molar-refractivity contribution is 0.0984. The second-order valence-corrected chi connectivity index (χ2v) is 9.02. The molecule has 2 amide bonds. The predicted octanol–water partition coefficient (Wildman–Crippen LogP) is 5.97. The molecule has 1 aliphatic heterocycles. The molecule has 32 heavy (non-hydrogen) atoms. The summed E-state index contributed by atoms with van der Waals surface area (Å²) in [7, 11) is 0. The van der Waals surface area contributed by atoms with Crippen LogP contribution < -0.4 is 10.2 Å². The highest BCUT2D eigenvalue weighted by molar-refractivity contribution is 7.12. The Hall–Kier alpha value is -3.35. The first-order chi connectivity index (χ1) is 15.5. The number of aromatic nitrogens is 1. The lowest BCUT2D eigenvalue weighted by Crippen LogP contribution is -2.30. The Morgan fingerprint density at radius 2 is 1.75 bits per heavy atom. The van der Waals surface area contributed by atoms with E-state index < -0.39 is 0 Å². The number of fused-ring (bicyclic) bond motifs is 2. The van der Waals surface area contributed by atoms with Crippen LogP contribution in [0.25, 0.3) is 0 Å². The van der Waals surface area contributed by atoms with Crippen molar-refractivity contribution in [1.82, 2.24) is 4.57 Å². The summed E-state index contributed by atoms with van der Waals surface area (Å²) in [5.74, 6) is -0.245. The van der Waals surface area contributed by atoms with Gasteiger partial charge in [0.1, 0.15) is 5.15 Å². The van der Waals surface area contributed by atoms with Crippen LogP contribution >= 0.6 is 22.9 Å². The first-order valence-electron chi connectivity index (χ1n) is 10.2. The van der Waals surface area contributed by atoms with Gasteiger partial charge < -0.3 is 14.8 Å². The Balaban J connectivity index is 1.41. The zero-order chi connectivity index (χ0) is 22.2. The Morgan fingerprint density at radius 3 is 2.50 bits per heavy atom. The molecule has 5 rings (SSSR count). The van der Waals surface area contributed by atoms with Crippen LogP contribution in [0.1, 0.15) is 36.9 Å². The first-order valence-corrected chi connectivity index (χ1v) is 11.5. The average Bonchev–Trinajstić information content (AvgIpc) is 3.33. The number of anilines is 2. The Labute approximate surface area is 194 Å². The van der Waals surface area contributed by atoms with E-state index in [0.717, 1.165) is 22.5 Å². The van der Waals surface area contributed by atoms with Crippen LogP contribution in [0.2, 0.25) is 5.15 Å². The fourth-order valence-corrected chi connectivity index (χ4v) is 5.00. The molecule has 3 heterocycles. The molecule has 0 atom stereocenters. The SMILES string of the molecule is Cc1ccsc1C(=O)Nc1ccc(C(=O)N2Cc3ccc(Cl)n3Cc3ccccc32)cc1. The summed E-state index contributed by atoms with van der Waals surface area (Å²) in [6.45, 7) is 2.96. The number of amides is 2. The van der Waals surface area contributed by atoms with Crippen LogP contribution in [0.5, 0.6) is 0 Å². The maximum Gasteiger partial charge on any atom is 0.265 e. The van der Waals surface area contributed by atoms with E-state index >= 15 is 0 Å². The van der Waals surface area contributed by atoms with Crippen molar-refractivity contribution in [3.8, 4) is 0 Å². The highest BCUT2D eigenvalue weighted by atomic mass is 35.5. The van der Waals surface area contributed by atoms with Gasteiger partial charge in [0, 0.05) is 22.6 Å². The molecule has 0 fully saturated rings. The zero-order valence-electron chi connectivity index (χ0n) is 17.3. The van der Waals surface area contributed by atoms with Gasteiger partial charge in [-0.2, -0.15) is 0 Å².